The van der Waals surface area contributed by atoms with Crippen LogP contribution < -0.4 is 9.47 Å². The van der Waals surface area contributed by atoms with Gasteiger partial charge in [-0.25, -0.2) is 4.79 Å². The van der Waals surface area contributed by atoms with Gasteiger partial charge in [0.2, 0.25) is 5.60 Å². The first-order valence-electron chi connectivity index (χ1n) is 5.97. The molecule has 1 N–H and O–H groups in total. The van der Waals surface area contributed by atoms with Gasteiger partial charge in [0.05, 0.1) is 5.71 Å². The Bertz CT molecular complexity index is 568. The maximum Gasteiger partial charge on any atom is 0.351 e. The lowest BCUT2D eigenvalue weighted by Crippen LogP contribution is -2.35. The van der Waals surface area contributed by atoms with Crippen LogP contribution in [0.4, 0.5) is 0 Å². The van der Waals surface area contributed by atoms with Crippen molar-refractivity contribution in [2.75, 3.05) is 13.2 Å². The minimum absolute atomic E-state index is 0.224. The minimum atomic E-state index is -1.29. The van der Waals surface area contributed by atoms with Gasteiger partial charge in [0.25, 0.3) is 0 Å². The summed E-state index contributed by atoms with van der Waals surface area (Å²) in [5.41, 5.74) is 0.0962. The van der Waals surface area contributed by atoms with E-state index in [1.165, 1.54) is 6.92 Å². The van der Waals surface area contributed by atoms with Gasteiger partial charge in [-0.05, 0) is 25.1 Å². The zero-order valence-corrected chi connectivity index (χ0v) is 10.4. The number of oxime groups is 1. The maximum absolute atomic E-state index is 11.1. The number of carbonyl (C=O) groups is 1. The summed E-state index contributed by atoms with van der Waals surface area (Å²) in [7, 11) is 0. The molecule has 0 saturated carbocycles. The number of nitrogens with zero attached hydrogens (tertiary/aromatic N) is 1. The van der Waals surface area contributed by atoms with Crippen LogP contribution in [0.25, 0.3) is 0 Å². The summed E-state index contributed by atoms with van der Waals surface area (Å²) < 4.78 is 10.9. The second-order valence-corrected chi connectivity index (χ2v) is 4.70. The van der Waals surface area contributed by atoms with E-state index in [9.17, 15) is 4.79 Å². The molecule has 2 heterocycles. The lowest BCUT2D eigenvalue weighted by molar-refractivity contribution is -0.160. The van der Waals surface area contributed by atoms with Gasteiger partial charge < -0.3 is 19.4 Å². The number of carboxylic acid groups (broad SMARTS) is 1. The third kappa shape index (κ3) is 1.99. The van der Waals surface area contributed by atoms with Crippen LogP contribution in [0.15, 0.2) is 23.4 Å². The molecule has 0 saturated heterocycles. The smallest absolute Gasteiger partial charge is 0.351 e. The summed E-state index contributed by atoms with van der Waals surface area (Å²) >= 11 is 0. The van der Waals surface area contributed by atoms with Gasteiger partial charge in [-0.2, -0.15) is 0 Å². The van der Waals surface area contributed by atoms with Crippen molar-refractivity contribution in [2.45, 2.75) is 18.9 Å². The quantitative estimate of drug-likeness (QED) is 0.873. The second-order valence-electron chi connectivity index (χ2n) is 4.70. The molecule has 100 valence electrons. The maximum atomic E-state index is 11.1. The summed E-state index contributed by atoms with van der Waals surface area (Å²) in [5, 5.41) is 13.0. The molecule has 6 heteroatoms. The van der Waals surface area contributed by atoms with Crippen LogP contribution >= 0.6 is 0 Å². The average Bonchev–Trinajstić information content (AvgIpc) is 2.82. The lowest BCUT2D eigenvalue weighted by Gasteiger charge is -2.19. The molecule has 0 aliphatic carbocycles. The number of fused-ring (bicyclic) bond motifs is 1. The second kappa shape index (κ2) is 4.15. The van der Waals surface area contributed by atoms with E-state index in [-0.39, 0.29) is 6.42 Å². The van der Waals surface area contributed by atoms with E-state index in [2.05, 4.69) is 5.16 Å². The molecule has 0 radical (unpaired) electrons. The fourth-order valence-electron chi connectivity index (χ4n) is 2.03. The van der Waals surface area contributed by atoms with Crippen molar-refractivity contribution in [1.82, 2.24) is 0 Å². The molecule has 1 atom stereocenters. The number of benzene rings is 1. The van der Waals surface area contributed by atoms with Gasteiger partial charge in [-0.3, -0.25) is 0 Å². The number of hydrogen-bond acceptors (Lipinski definition) is 5. The van der Waals surface area contributed by atoms with Crippen LogP contribution in [-0.4, -0.2) is 35.6 Å². The molecule has 1 aromatic rings. The number of rotatable bonds is 2. The molecule has 2 aliphatic heterocycles. The van der Waals surface area contributed by atoms with Crippen molar-refractivity contribution in [3.63, 3.8) is 0 Å². The van der Waals surface area contributed by atoms with Gasteiger partial charge in [0, 0.05) is 12.0 Å². The zero-order chi connectivity index (χ0) is 13.5. The Kier molecular flexibility index (Phi) is 2.58. The predicted octanol–water partition coefficient (Wildman–Crippen LogP) is 1.43. The highest BCUT2D eigenvalue weighted by atomic mass is 16.7. The normalized spacial score (nSPS) is 24.6. The van der Waals surface area contributed by atoms with Gasteiger partial charge in [0.15, 0.2) is 11.5 Å². The molecule has 0 spiro atoms. The van der Waals surface area contributed by atoms with Gasteiger partial charge in [-0.15, -0.1) is 0 Å². The number of carboxylic acids is 1. The van der Waals surface area contributed by atoms with Crippen molar-refractivity contribution in [2.24, 2.45) is 5.16 Å². The topological polar surface area (TPSA) is 77.4 Å². The summed E-state index contributed by atoms with van der Waals surface area (Å²) in [6, 6.07) is 5.41. The highest BCUT2D eigenvalue weighted by molar-refractivity contribution is 6.04. The Morgan fingerprint density at radius 3 is 2.74 bits per heavy atom. The van der Waals surface area contributed by atoms with E-state index in [4.69, 9.17) is 19.4 Å². The highest BCUT2D eigenvalue weighted by Gasteiger charge is 2.42. The summed E-state index contributed by atoms with van der Waals surface area (Å²) in [6.45, 7) is 2.55. The van der Waals surface area contributed by atoms with Crippen LogP contribution in [0, 0.1) is 0 Å². The van der Waals surface area contributed by atoms with Crippen LogP contribution in [0.2, 0.25) is 0 Å². The molecular formula is C13H13NO5. The molecule has 3 rings (SSSR count). The van der Waals surface area contributed by atoms with E-state index in [0.717, 1.165) is 5.56 Å². The lowest BCUT2D eigenvalue weighted by atomic mass is 9.96. The molecule has 1 aromatic carbocycles. The minimum Gasteiger partial charge on any atom is -0.486 e. The first-order chi connectivity index (χ1) is 9.08. The van der Waals surface area contributed by atoms with E-state index >= 15 is 0 Å². The molecule has 2 aliphatic rings. The van der Waals surface area contributed by atoms with Crippen LogP contribution in [0.3, 0.4) is 0 Å². The largest absolute Gasteiger partial charge is 0.486 e. The van der Waals surface area contributed by atoms with Gasteiger partial charge in [-0.1, -0.05) is 5.16 Å². The SMILES string of the molecule is CC1(C(=O)O)CC(c2ccc3c(c2)OCCO3)=NO1. The fraction of sp³-hybridized carbons (Fsp3) is 0.385. The number of ether oxygens (including phenoxy) is 2. The first kappa shape index (κ1) is 11.8. The van der Waals surface area contributed by atoms with E-state index < -0.39 is 11.6 Å². The van der Waals surface area contributed by atoms with E-state index in [1.54, 1.807) is 12.1 Å². The Balaban J connectivity index is 1.86. The van der Waals surface area contributed by atoms with Gasteiger partial charge in [0.1, 0.15) is 13.2 Å². The standard InChI is InChI=1S/C13H13NO5/c1-13(12(15)16)7-9(14-19-13)8-2-3-10-11(6-8)18-5-4-17-10/h2-3,6H,4-5,7H2,1H3,(H,15,16). The monoisotopic (exact) mass is 263 g/mol. The molecule has 19 heavy (non-hydrogen) atoms. The summed E-state index contributed by atoms with van der Waals surface area (Å²) in [5.74, 6) is 0.315. The third-order valence-corrected chi connectivity index (χ3v) is 3.19. The van der Waals surface area contributed by atoms with Crippen molar-refractivity contribution >= 4 is 11.7 Å². The fourth-order valence-corrected chi connectivity index (χ4v) is 2.03. The Morgan fingerprint density at radius 2 is 2.05 bits per heavy atom. The highest BCUT2D eigenvalue weighted by Crippen LogP contribution is 2.33. The Morgan fingerprint density at radius 1 is 1.32 bits per heavy atom. The number of aliphatic carboxylic acids is 1. The first-order valence-corrected chi connectivity index (χ1v) is 5.97. The molecule has 0 amide bonds. The van der Waals surface area contributed by atoms with Gasteiger partial charge >= 0.3 is 5.97 Å². The zero-order valence-electron chi connectivity index (χ0n) is 10.4. The molecule has 0 fully saturated rings. The molecule has 0 bridgehead atoms. The van der Waals surface area contributed by atoms with Crippen molar-refractivity contribution < 1.29 is 24.2 Å². The van der Waals surface area contributed by atoms with Crippen molar-refractivity contribution in [1.29, 1.82) is 0 Å². The third-order valence-electron chi connectivity index (χ3n) is 3.19. The Labute approximate surface area is 109 Å². The number of hydrogen-bond donors (Lipinski definition) is 1. The van der Waals surface area contributed by atoms with Crippen LogP contribution in [0.1, 0.15) is 18.9 Å². The molecular weight excluding hydrogens is 250 g/mol. The van der Waals surface area contributed by atoms with Crippen LogP contribution in [0.5, 0.6) is 11.5 Å². The molecule has 6 nitrogen and oxygen atoms in total. The summed E-state index contributed by atoms with van der Waals surface area (Å²) in [4.78, 5) is 16.1. The van der Waals surface area contributed by atoms with Crippen molar-refractivity contribution in [3.8, 4) is 11.5 Å². The molecule has 0 aromatic heterocycles. The Hall–Kier alpha value is -2.24. The predicted molar refractivity (Wildman–Crippen MR) is 65.7 cm³/mol. The van der Waals surface area contributed by atoms with Crippen molar-refractivity contribution in [3.05, 3.63) is 23.8 Å². The summed E-state index contributed by atoms with van der Waals surface area (Å²) in [6.07, 6.45) is 0.224. The van der Waals surface area contributed by atoms with E-state index in [0.29, 0.717) is 30.4 Å². The molecule has 1 unspecified atom stereocenters. The van der Waals surface area contributed by atoms with E-state index in [1.807, 2.05) is 6.07 Å². The average molecular weight is 263 g/mol. The van der Waals surface area contributed by atoms with Crippen LogP contribution in [-0.2, 0) is 9.63 Å².